The third-order valence-electron chi connectivity index (χ3n) is 2.55. The van der Waals surface area contributed by atoms with E-state index < -0.39 is 0 Å². The summed E-state index contributed by atoms with van der Waals surface area (Å²) in [4.78, 5) is 4.40. The molecule has 0 atom stereocenters. The molecule has 0 aliphatic heterocycles. The van der Waals surface area contributed by atoms with Crippen LogP contribution in [0.1, 0.15) is 45.3 Å². The standard InChI is InChI=1S/C12H21N3O/c1-12(2,3)8-10-14-11(16-15-10)6-7-13-9-4-5-9/h9,13H,4-8H2,1-3H3. The number of hydrogen-bond acceptors (Lipinski definition) is 4. The number of aromatic nitrogens is 2. The van der Waals surface area contributed by atoms with Crippen LogP contribution in [0.25, 0.3) is 0 Å². The fraction of sp³-hybridized carbons (Fsp3) is 0.833. The topological polar surface area (TPSA) is 51.0 Å². The largest absolute Gasteiger partial charge is 0.339 e. The monoisotopic (exact) mass is 223 g/mol. The van der Waals surface area contributed by atoms with Gasteiger partial charge in [0.05, 0.1) is 0 Å². The van der Waals surface area contributed by atoms with Gasteiger partial charge in [-0.15, -0.1) is 0 Å². The van der Waals surface area contributed by atoms with Crippen molar-refractivity contribution in [2.24, 2.45) is 5.41 Å². The lowest BCUT2D eigenvalue weighted by molar-refractivity contribution is 0.353. The predicted octanol–water partition coefficient (Wildman–Crippen LogP) is 1.95. The summed E-state index contributed by atoms with van der Waals surface area (Å²) in [7, 11) is 0. The van der Waals surface area contributed by atoms with Crippen LogP contribution in [0.4, 0.5) is 0 Å². The Hall–Kier alpha value is -0.900. The molecular weight excluding hydrogens is 202 g/mol. The molecule has 0 spiro atoms. The fourth-order valence-corrected chi connectivity index (χ4v) is 1.61. The van der Waals surface area contributed by atoms with Gasteiger partial charge in [0.1, 0.15) is 0 Å². The Morgan fingerprint density at radius 3 is 2.75 bits per heavy atom. The molecule has 1 aromatic rings. The first-order chi connectivity index (χ1) is 7.53. The van der Waals surface area contributed by atoms with E-state index in [2.05, 4.69) is 36.2 Å². The second-order valence-electron chi connectivity index (χ2n) is 5.82. The number of nitrogens with one attached hydrogen (secondary N) is 1. The van der Waals surface area contributed by atoms with Crippen LogP contribution in [0.15, 0.2) is 4.52 Å². The molecule has 16 heavy (non-hydrogen) atoms. The van der Waals surface area contributed by atoms with Gasteiger partial charge < -0.3 is 9.84 Å². The summed E-state index contributed by atoms with van der Waals surface area (Å²) in [6.45, 7) is 7.48. The summed E-state index contributed by atoms with van der Waals surface area (Å²) in [5, 5.41) is 7.44. The van der Waals surface area contributed by atoms with Crippen LogP contribution in [0.3, 0.4) is 0 Å². The van der Waals surface area contributed by atoms with Crippen LogP contribution in [-0.2, 0) is 12.8 Å². The Morgan fingerprint density at radius 2 is 2.12 bits per heavy atom. The first kappa shape index (κ1) is 11.6. The van der Waals surface area contributed by atoms with Crippen LogP contribution >= 0.6 is 0 Å². The SMILES string of the molecule is CC(C)(C)Cc1noc(CCNC2CC2)n1. The van der Waals surface area contributed by atoms with Crippen molar-refractivity contribution >= 4 is 0 Å². The first-order valence-corrected chi connectivity index (χ1v) is 6.08. The van der Waals surface area contributed by atoms with Gasteiger partial charge in [0.25, 0.3) is 0 Å². The maximum absolute atomic E-state index is 5.21. The maximum Gasteiger partial charge on any atom is 0.227 e. The zero-order valence-corrected chi connectivity index (χ0v) is 10.4. The summed E-state index contributed by atoms with van der Waals surface area (Å²) >= 11 is 0. The van der Waals surface area contributed by atoms with Gasteiger partial charge in [0, 0.05) is 25.4 Å². The lowest BCUT2D eigenvalue weighted by Crippen LogP contribution is -2.19. The molecule has 2 rings (SSSR count). The van der Waals surface area contributed by atoms with Crippen molar-refractivity contribution in [3.05, 3.63) is 11.7 Å². The fourth-order valence-electron chi connectivity index (χ4n) is 1.61. The lowest BCUT2D eigenvalue weighted by Gasteiger charge is -2.14. The predicted molar refractivity (Wildman–Crippen MR) is 62.2 cm³/mol. The van der Waals surface area contributed by atoms with E-state index in [-0.39, 0.29) is 5.41 Å². The molecular formula is C12H21N3O. The highest BCUT2D eigenvalue weighted by atomic mass is 16.5. The van der Waals surface area contributed by atoms with Crippen LogP contribution in [0, 0.1) is 5.41 Å². The molecule has 1 saturated carbocycles. The molecule has 1 aliphatic carbocycles. The van der Waals surface area contributed by atoms with Gasteiger partial charge in [-0.05, 0) is 18.3 Å². The van der Waals surface area contributed by atoms with Gasteiger partial charge in [-0.25, -0.2) is 0 Å². The number of rotatable bonds is 5. The number of nitrogens with zero attached hydrogens (tertiary/aromatic N) is 2. The second-order valence-corrected chi connectivity index (χ2v) is 5.82. The minimum absolute atomic E-state index is 0.216. The van der Waals surface area contributed by atoms with Crippen LogP contribution in [0.5, 0.6) is 0 Å². The Balaban J connectivity index is 1.77. The van der Waals surface area contributed by atoms with Crippen molar-refractivity contribution in [3.8, 4) is 0 Å². The van der Waals surface area contributed by atoms with Crippen molar-refractivity contribution in [2.45, 2.75) is 52.5 Å². The Bertz CT molecular complexity index is 336. The molecule has 0 radical (unpaired) electrons. The molecule has 1 fully saturated rings. The molecule has 4 nitrogen and oxygen atoms in total. The molecule has 1 N–H and O–H groups in total. The van der Waals surface area contributed by atoms with E-state index in [1.807, 2.05) is 0 Å². The highest BCUT2D eigenvalue weighted by Crippen LogP contribution is 2.19. The molecule has 0 amide bonds. The van der Waals surface area contributed by atoms with Crippen molar-refractivity contribution < 1.29 is 4.52 Å². The highest BCUT2D eigenvalue weighted by Gasteiger charge is 2.20. The van der Waals surface area contributed by atoms with Crippen LogP contribution in [-0.4, -0.2) is 22.7 Å². The Morgan fingerprint density at radius 1 is 1.38 bits per heavy atom. The quantitative estimate of drug-likeness (QED) is 0.829. The zero-order valence-electron chi connectivity index (χ0n) is 10.4. The van der Waals surface area contributed by atoms with Crippen molar-refractivity contribution in [2.75, 3.05) is 6.54 Å². The molecule has 0 unspecified atom stereocenters. The third kappa shape index (κ3) is 3.93. The molecule has 0 saturated heterocycles. The van der Waals surface area contributed by atoms with E-state index in [4.69, 9.17) is 4.52 Å². The lowest BCUT2D eigenvalue weighted by atomic mass is 9.92. The average Bonchev–Trinajstić information content (AvgIpc) is 2.86. The summed E-state index contributed by atoms with van der Waals surface area (Å²) in [5.74, 6) is 1.58. The van der Waals surface area contributed by atoms with E-state index in [0.717, 1.165) is 37.1 Å². The molecule has 0 aromatic carbocycles. The summed E-state index contributed by atoms with van der Waals surface area (Å²) < 4.78 is 5.21. The van der Waals surface area contributed by atoms with Gasteiger partial charge in [0.15, 0.2) is 5.82 Å². The normalized spacial score (nSPS) is 16.7. The minimum atomic E-state index is 0.216. The summed E-state index contributed by atoms with van der Waals surface area (Å²) in [6.07, 6.45) is 4.35. The Labute approximate surface area is 96.8 Å². The van der Waals surface area contributed by atoms with Gasteiger partial charge >= 0.3 is 0 Å². The highest BCUT2D eigenvalue weighted by molar-refractivity contribution is 4.91. The van der Waals surface area contributed by atoms with E-state index in [1.165, 1.54) is 12.8 Å². The zero-order chi connectivity index (χ0) is 11.6. The van der Waals surface area contributed by atoms with E-state index in [9.17, 15) is 0 Å². The van der Waals surface area contributed by atoms with Gasteiger partial charge in [-0.3, -0.25) is 0 Å². The smallest absolute Gasteiger partial charge is 0.227 e. The van der Waals surface area contributed by atoms with Crippen molar-refractivity contribution in [3.63, 3.8) is 0 Å². The minimum Gasteiger partial charge on any atom is -0.339 e. The molecule has 0 bridgehead atoms. The average molecular weight is 223 g/mol. The van der Waals surface area contributed by atoms with Crippen molar-refractivity contribution in [1.82, 2.24) is 15.5 Å². The summed E-state index contributed by atoms with van der Waals surface area (Å²) in [5.41, 5.74) is 0.216. The van der Waals surface area contributed by atoms with E-state index in [1.54, 1.807) is 0 Å². The molecule has 1 aliphatic rings. The molecule has 4 heteroatoms. The van der Waals surface area contributed by atoms with Gasteiger partial charge in [0.2, 0.25) is 5.89 Å². The molecule has 1 heterocycles. The first-order valence-electron chi connectivity index (χ1n) is 6.08. The van der Waals surface area contributed by atoms with Crippen molar-refractivity contribution in [1.29, 1.82) is 0 Å². The summed E-state index contributed by atoms with van der Waals surface area (Å²) in [6, 6.07) is 0.747. The van der Waals surface area contributed by atoms with Crippen LogP contribution in [0.2, 0.25) is 0 Å². The van der Waals surface area contributed by atoms with E-state index >= 15 is 0 Å². The van der Waals surface area contributed by atoms with E-state index in [0.29, 0.717) is 0 Å². The van der Waals surface area contributed by atoms with Gasteiger partial charge in [-0.1, -0.05) is 25.9 Å². The maximum atomic E-state index is 5.21. The Kier molecular flexibility index (Phi) is 3.28. The van der Waals surface area contributed by atoms with Gasteiger partial charge in [-0.2, -0.15) is 4.98 Å². The second kappa shape index (κ2) is 4.53. The van der Waals surface area contributed by atoms with Crippen LogP contribution < -0.4 is 5.32 Å². The number of hydrogen-bond donors (Lipinski definition) is 1. The molecule has 1 aromatic heterocycles. The molecule has 90 valence electrons. The third-order valence-corrected chi connectivity index (χ3v) is 2.55.